The number of fused-ring (bicyclic) bond motifs is 6. The number of hydrogen-bond donors (Lipinski definition) is 0. The van der Waals surface area contributed by atoms with E-state index < -0.39 is 5.41 Å². The van der Waals surface area contributed by atoms with E-state index in [2.05, 4.69) is 110 Å². The molecule has 8 rings (SSSR count). The molecule has 0 saturated carbocycles. The first-order valence-corrected chi connectivity index (χ1v) is 15.2. The molecular formula is C39H34N2O2. The molecule has 0 amide bonds. The van der Waals surface area contributed by atoms with Crippen molar-refractivity contribution in [3.63, 3.8) is 0 Å². The summed E-state index contributed by atoms with van der Waals surface area (Å²) in [6.07, 6.45) is 6.77. The molecule has 4 aliphatic rings. The molecule has 4 aromatic rings. The number of nitrogens with zero attached hydrogens (tertiary/aromatic N) is 2. The van der Waals surface area contributed by atoms with Gasteiger partial charge < -0.3 is 9.47 Å². The molecular weight excluding hydrogens is 528 g/mol. The molecule has 212 valence electrons. The first kappa shape index (κ1) is 26.0. The summed E-state index contributed by atoms with van der Waals surface area (Å²) in [6.45, 7) is 7.90. The number of aliphatic imine (C=N–C) groups is 2. The minimum absolute atomic E-state index is 0.0136. The molecule has 0 radical (unpaired) electrons. The fourth-order valence-electron chi connectivity index (χ4n) is 7.36. The topological polar surface area (TPSA) is 43.2 Å². The molecule has 4 nitrogen and oxygen atoms in total. The van der Waals surface area contributed by atoms with Gasteiger partial charge in [-0.3, -0.25) is 0 Å². The highest BCUT2D eigenvalue weighted by Crippen LogP contribution is 2.49. The van der Waals surface area contributed by atoms with E-state index in [9.17, 15) is 0 Å². The zero-order chi connectivity index (χ0) is 29.0. The fourth-order valence-corrected chi connectivity index (χ4v) is 7.36. The molecule has 0 unspecified atom stereocenters. The van der Waals surface area contributed by atoms with Gasteiger partial charge in [-0.1, -0.05) is 122 Å². The molecule has 4 atom stereocenters. The van der Waals surface area contributed by atoms with Gasteiger partial charge in [0.25, 0.3) is 0 Å². The second-order valence-corrected chi connectivity index (χ2v) is 12.2. The maximum Gasteiger partial charge on any atom is 0.201 e. The fraction of sp³-hybridized carbons (Fsp3) is 0.231. The average Bonchev–Trinajstić information content (AvgIpc) is 3.81. The molecule has 43 heavy (non-hydrogen) atoms. The van der Waals surface area contributed by atoms with Crippen molar-refractivity contribution in [2.45, 2.75) is 50.0 Å². The smallest absolute Gasteiger partial charge is 0.201 e. The van der Waals surface area contributed by atoms with E-state index in [-0.39, 0.29) is 24.3 Å². The quantitative estimate of drug-likeness (QED) is 0.219. The van der Waals surface area contributed by atoms with E-state index in [1.165, 1.54) is 33.4 Å². The number of hydrogen-bond acceptors (Lipinski definition) is 4. The highest BCUT2D eigenvalue weighted by molar-refractivity contribution is 6.07. The average molecular weight is 563 g/mol. The Morgan fingerprint density at radius 1 is 0.605 bits per heavy atom. The van der Waals surface area contributed by atoms with Crippen LogP contribution in [-0.2, 0) is 35.2 Å². The number of benzene rings is 4. The van der Waals surface area contributed by atoms with E-state index in [1.54, 1.807) is 0 Å². The van der Waals surface area contributed by atoms with Crippen molar-refractivity contribution in [2.24, 2.45) is 15.4 Å². The normalized spacial score (nSPS) is 22.8. The Kier molecular flexibility index (Phi) is 6.18. The Bertz CT molecular complexity index is 1650. The van der Waals surface area contributed by atoms with Gasteiger partial charge in [0.15, 0.2) is 0 Å². The minimum atomic E-state index is -0.704. The Morgan fingerprint density at radius 2 is 1.02 bits per heavy atom. The summed E-state index contributed by atoms with van der Waals surface area (Å²) < 4.78 is 13.9. The van der Waals surface area contributed by atoms with Crippen LogP contribution in [0.15, 0.2) is 120 Å². The van der Waals surface area contributed by atoms with Crippen LogP contribution in [0.2, 0.25) is 0 Å². The van der Waals surface area contributed by atoms with Crippen LogP contribution in [0.4, 0.5) is 0 Å². The van der Waals surface area contributed by atoms with Gasteiger partial charge in [-0.25, -0.2) is 9.98 Å². The van der Waals surface area contributed by atoms with Crippen LogP contribution in [0.25, 0.3) is 12.2 Å². The van der Waals surface area contributed by atoms with Gasteiger partial charge in [0.2, 0.25) is 11.8 Å². The van der Waals surface area contributed by atoms with Crippen molar-refractivity contribution in [2.75, 3.05) is 0 Å². The minimum Gasteiger partial charge on any atom is -0.474 e. The summed E-state index contributed by atoms with van der Waals surface area (Å²) >= 11 is 0. The summed E-state index contributed by atoms with van der Waals surface area (Å²) in [5, 5.41) is 0. The van der Waals surface area contributed by atoms with Gasteiger partial charge in [0.05, 0.1) is 0 Å². The molecule has 4 heteroatoms. The highest BCUT2D eigenvalue weighted by atomic mass is 16.5. The highest BCUT2D eigenvalue weighted by Gasteiger charge is 2.54. The van der Waals surface area contributed by atoms with Crippen LogP contribution in [0.5, 0.6) is 0 Å². The number of rotatable bonds is 8. The van der Waals surface area contributed by atoms with E-state index >= 15 is 0 Å². The molecule has 2 aliphatic heterocycles. The van der Waals surface area contributed by atoms with Crippen molar-refractivity contribution in [3.8, 4) is 0 Å². The first-order valence-electron chi connectivity index (χ1n) is 15.2. The lowest BCUT2D eigenvalue weighted by Crippen LogP contribution is -2.45. The van der Waals surface area contributed by atoms with E-state index in [0.717, 1.165) is 35.8 Å². The zero-order valence-electron chi connectivity index (χ0n) is 24.2. The lowest BCUT2D eigenvalue weighted by atomic mass is 9.75. The van der Waals surface area contributed by atoms with Crippen molar-refractivity contribution < 1.29 is 9.47 Å². The molecule has 0 fully saturated rings. The van der Waals surface area contributed by atoms with Crippen LogP contribution in [0.1, 0.15) is 56.6 Å². The third-order valence-electron chi connectivity index (χ3n) is 9.59. The number of ether oxygens (including phenoxy) is 2. The van der Waals surface area contributed by atoms with Crippen LogP contribution in [-0.4, -0.2) is 24.0 Å². The van der Waals surface area contributed by atoms with Crippen molar-refractivity contribution in [1.29, 1.82) is 0 Å². The summed E-state index contributed by atoms with van der Waals surface area (Å²) in [6, 6.07) is 34.4. The maximum atomic E-state index is 6.93. The van der Waals surface area contributed by atoms with Crippen molar-refractivity contribution in [1.82, 2.24) is 0 Å². The second kappa shape index (κ2) is 10.2. The summed E-state index contributed by atoms with van der Waals surface area (Å²) in [5.41, 5.74) is 9.03. The van der Waals surface area contributed by atoms with Crippen LogP contribution >= 0.6 is 0 Å². The summed E-state index contributed by atoms with van der Waals surface area (Å²) in [7, 11) is 0. The van der Waals surface area contributed by atoms with E-state index in [1.807, 2.05) is 12.2 Å². The first-order chi connectivity index (χ1) is 21.1. The Labute approximate surface area is 253 Å². The Morgan fingerprint density at radius 3 is 1.44 bits per heavy atom. The Balaban J connectivity index is 1.28. The second-order valence-electron chi connectivity index (χ2n) is 12.2. The predicted molar refractivity (Wildman–Crippen MR) is 173 cm³/mol. The van der Waals surface area contributed by atoms with Gasteiger partial charge in [-0.05, 0) is 57.3 Å². The molecule has 2 aliphatic carbocycles. The molecule has 4 aromatic carbocycles. The Hall–Kier alpha value is -4.70. The standard InChI is InChI=1S/C39H34N2O2/c1-3-25-13-17-27(18-14-25)23-39(24-28-19-15-26(4-2)16-20-28,37-40-35-31-11-7-5-9-29(31)21-33(35)42-37)38-41-36-32-12-8-6-10-30(32)22-34(36)43-38/h3-20,33-36H,1-2,21-24H2/t33-,34-,35+,36+/m0/s1. The largest absolute Gasteiger partial charge is 0.474 e. The third-order valence-corrected chi connectivity index (χ3v) is 9.59. The molecule has 0 saturated heterocycles. The summed E-state index contributed by atoms with van der Waals surface area (Å²) in [5.74, 6) is 1.48. The third kappa shape index (κ3) is 4.36. The molecule has 0 bridgehead atoms. The van der Waals surface area contributed by atoms with Gasteiger partial charge in [-0.15, -0.1) is 0 Å². The predicted octanol–water partition coefficient (Wildman–Crippen LogP) is 7.93. The molecule has 0 aromatic heterocycles. The van der Waals surface area contributed by atoms with Gasteiger partial charge >= 0.3 is 0 Å². The van der Waals surface area contributed by atoms with Gasteiger partial charge in [0.1, 0.15) is 29.7 Å². The summed E-state index contributed by atoms with van der Waals surface area (Å²) in [4.78, 5) is 10.8. The lowest BCUT2D eigenvalue weighted by molar-refractivity contribution is 0.162. The van der Waals surface area contributed by atoms with Crippen LogP contribution < -0.4 is 0 Å². The van der Waals surface area contributed by atoms with Gasteiger partial charge in [-0.2, -0.15) is 0 Å². The molecule has 2 heterocycles. The van der Waals surface area contributed by atoms with Crippen LogP contribution in [0, 0.1) is 5.41 Å². The van der Waals surface area contributed by atoms with Crippen molar-refractivity contribution in [3.05, 3.63) is 155 Å². The molecule has 0 spiro atoms. The monoisotopic (exact) mass is 562 g/mol. The van der Waals surface area contributed by atoms with Gasteiger partial charge in [0, 0.05) is 12.8 Å². The SMILES string of the molecule is C=Cc1ccc(CC(Cc2ccc(C=C)cc2)(C2=N[C@@H]3c4ccccc4C[C@@H]3O2)C2=N[C@@H]3c4ccccc4C[C@@H]3O2)cc1. The lowest BCUT2D eigenvalue weighted by Gasteiger charge is -2.34. The van der Waals surface area contributed by atoms with Crippen LogP contribution in [0.3, 0.4) is 0 Å². The van der Waals surface area contributed by atoms with Crippen molar-refractivity contribution >= 4 is 23.9 Å². The zero-order valence-corrected chi connectivity index (χ0v) is 24.2. The van der Waals surface area contributed by atoms with E-state index in [4.69, 9.17) is 19.5 Å². The molecule has 0 N–H and O–H groups in total. The maximum absolute atomic E-state index is 6.93. The van der Waals surface area contributed by atoms with E-state index in [0.29, 0.717) is 12.8 Å².